The monoisotopic (exact) mass is 284 g/mol. The smallest absolute Gasteiger partial charge is 0.124 e. The van der Waals surface area contributed by atoms with Gasteiger partial charge in [0.25, 0.3) is 0 Å². The van der Waals surface area contributed by atoms with Gasteiger partial charge in [-0.3, -0.25) is 0 Å². The van der Waals surface area contributed by atoms with Gasteiger partial charge in [-0.05, 0) is 41.6 Å². The molecule has 112 valence electrons. The van der Waals surface area contributed by atoms with Crippen molar-refractivity contribution in [2.45, 2.75) is 19.4 Å². The van der Waals surface area contributed by atoms with Gasteiger partial charge in [0.15, 0.2) is 0 Å². The van der Waals surface area contributed by atoms with Gasteiger partial charge in [0, 0.05) is 18.2 Å². The molecule has 3 heteroatoms. The highest BCUT2D eigenvalue weighted by atomic mass is 16.5. The summed E-state index contributed by atoms with van der Waals surface area (Å²) in [4.78, 5) is 0. The van der Waals surface area contributed by atoms with Gasteiger partial charge in [0.2, 0.25) is 0 Å². The molecule has 0 amide bonds. The minimum atomic E-state index is 0.138. The van der Waals surface area contributed by atoms with Gasteiger partial charge in [-0.25, -0.2) is 0 Å². The van der Waals surface area contributed by atoms with E-state index in [1.807, 2.05) is 6.07 Å². The molecule has 3 rings (SSSR count). The molecule has 0 spiro atoms. The largest absolute Gasteiger partial charge is 0.496 e. The van der Waals surface area contributed by atoms with Crippen molar-refractivity contribution in [1.29, 1.82) is 0 Å². The van der Waals surface area contributed by atoms with Gasteiger partial charge in [0.1, 0.15) is 5.75 Å². The van der Waals surface area contributed by atoms with Crippen LogP contribution in [0.4, 0.5) is 0 Å². The Morgan fingerprint density at radius 3 is 2.71 bits per heavy atom. The number of methoxy groups -OCH3 is 1. The highest BCUT2D eigenvalue weighted by Gasteiger charge is 2.32. The van der Waals surface area contributed by atoms with E-state index in [9.17, 15) is 0 Å². The Labute approximate surface area is 126 Å². The lowest BCUT2D eigenvalue weighted by Gasteiger charge is -2.22. The van der Waals surface area contributed by atoms with E-state index in [4.69, 9.17) is 10.5 Å². The summed E-state index contributed by atoms with van der Waals surface area (Å²) in [5.74, 6) is 2.57. The Bertz CT molecular complexity index is 626. The minimum absolute atomic E-state index is 0.138. The molecular weight excluding hydrogens is 260 g/mol. The molecule has 2 aromatic carbocycles. The third kappa shape index (κ3) is 2.89. The zero-order valence-corrected chi connectivity index (χ0v) is 12.8. The van der Waals surface area contributed by atoms with Crippen LogP contribution >= 0.6 is 0 Å². The fourth-order valence-electron chi connectivity index (χ4n) is 3.09. The quantitative estimate of drug-likeness (QED) is 0.857. The molecule has 0 saturated heterocycles. The van der Waals surface area contributed by atoms with Crippen LogP contribution in [-0.4, -0.2) is 20.2 Å². The van der Waals surface area contributed by atoms with Crippen LogP contribution in [0.15, 0.2) is 36.4 Å². The fourth-order valence-corrected chi connectivity index (χ4v) is 3.09. The number of hydrogen-bond donors (Lipinski definition) is 2. The molecule has 0 radical (unpaired) electrons. The summed E-state index contributed by atoms with van der Waals surface area (Å²) in [6.07, 6.45) is 1.33. The predicted octanol–water partition coefficient (Wildman–Crippen LogP) is 3.09. The molecule has 0 aromatic heterocycles. The summed E-state index contributed by atoms with van der Waals surface area (Å²) in [5.41, 5.74) is 7.23. The van der Waals surface area contributed by atoms with Crippen molar-refractivity contribution in [3.8, 4) is 5.75 Å². The molecule has 1 aliphatic rings. The van der Waals surface area contributed by atoms with Gasteiger partial charge in [-0.15, -0.1) is 0 Å². The normalized spacial score (nSPS) is 22.2. The molecule has 1 aliphatic carbocycles. The van der Waals surface area contributed by atoms with E-state index in [2.05, 4.69) is 42.6 Å². The van der Waals surface area contributed by atoms with E-state index in [-0.39, 0.29) is 6.04 Å². The second-order valence-corrected chi connectivity index (χ2v) is 6.07. The molecule has 2 aromatic rings. The van der Waals surface area contributed by atoms with Crippen LogP contribution in [0.5, 0.6) is 5.75 Å². The maximum atomic E-state index is 6.04. The highest BCUT2D eigenvalue weighted by molar-refractivity contribution is 5.88. The van der Waals surface area contributed by atoms with Crippen molar-refractivity contribution in [3.63, 3.8) is 0 Å². The Balaban J connectivity index is 1.94. The van der Waals surface area contributed by atoms with E-state index >= 15 is 0 Å². The van der Waals surface area contributed by atoms with E-state index in [0.29, 0.717) is 6.54 Å². The Morgan fingerprint density at radius 1 is 1.29 bits per heavy atom. The zero-order chi connectivity index (χ0) is 14.8. The average Bonchev–Trinajstić information content (AvgIpc) is 3.23. The lowest BCUT2D eigenvalue weighted by Crippen LogP contribution is -2.30. The van der Waals surface area contributed by atoms with Crippen LogP contribution in [0, 0.1) is 11.8 Å². The van der Waals surface area contributed by atoms with Crippen LogP contribution in [0.2, 0.25) is 0 Å². The number of benzene rings is 2. The van der Waals surface area contributed by atoms with E-state index < -0.39 is 0 Å². The van der Waals surface area contributed by atoms with Gasteiger partial charge in [-0.1, -0.05) is 37.3 Å². The SMILES string of the molecule is COc1ccc2ccccc2c1C(CN)NCC1CC1C. The summed E-state index contributed by atoms with van der Waals surface area (Å²) in [6.45, 7) is 3.92. The first-order chi connectivity index (χ1) is 10.2. The summed E-state index contributed by atoms with van der Waals surface area (Å²) in [6, 6.07) is 12.7. The molecule has 3 unspecified atom stereocenters. The highest BCUT2D eigenvalue weighted by Crippen LogP contribution is 2.38. The molecule has 0 heterocycles. The van der Waals surface area contributed by atoms with Crippen molar-refractivity contribution in [2.75, 3.05) is 20.2 Å². The van der Waals surface area contributed by atoms with Gasteiger partial charge in [-0.2, -0.15) is 0 Å². The number of nitrogens with two attached hydrogens (primary N) is 1. The zero-order valence-electron chi connectivity index (χ0n) is 12.8. The van der Waals surface area contributed by atoms with E-state index in [0.717, 1.165) is 24.1 Å². The van der Waals surface area contributed by atoms with Crippen LogP contribution in [0.1, 0.15) is 24.9 Å². The Kier molecular flexibility index (Phi) is 4.13. The second-order valence-electron chi connectivity index (χ2n) is 6.07. The Hall–Kier alpha value is -1.58. The predicted molar refractivity (Wildman–Crippen MR) is 87.6 cm³/mol. The first kappa shape index (κ1) is 14.4. The molecule has 1 fully saturated rings. The van der Waals surface area contributed by atoms with Crippen LogP contribution in [0.25, 0.3) is 10.8 Å². The molecule has 3 nitrogen and oxygen atoms in total. The number of fused-ring (bicyclic) bond motifs is 1. The number of hydrogen-bond acceptors (Lipinski definition) is 3. The van der Waals surface area contributed by atoms with Crippen molar-refractivity contribution >= 4 is 10.8 Å². The first-order valence-electron chi connectivity index (χ1n) is 7.73. The molecule has 21 heavy (non-hydrogen) atoms. The maximum absolute atomic E-state index is 6.04. The third-order valence-electron chi connectivity index (χ3n) is 4.64. The van der Waals surface area contributed by atoms with Gasteiger partial charge in [0.05, 0.1) is 7.11 Å². The molecular formula is C18H24N2O. The van der Waals surface area contributed by atoms with Crippen LogP contribution in [-0.2, 0) is 0 Å². The molecule has 0 bridgehead atoms. The maximum Gasteiger partial charge on any atom is 0.124 e. The van der Waals surface area contributed by atoms with Crippen molar-refractivity contribution < 1.29 is 4.74 Å². The number of ether oxygens (including phenoxy) is 1. The summed E-state index contributed by atoms with van der Waals surface area (Å²) in [7, 11) is 1.73. The topological polar surface area (TPSA) is 47.3 Å². The molecule has 0 aliphatic heterocycles. The third-order valence-corrected chi connectivity index (χ3v) is 4.64. The van der Waals surface area contributed by atoms with Crippen molar-refractivity contribution in [2.24, 2.45) is 17.6 Å². The van der Waals surface area contributed by atoms with Gasteiger partial charge >= 0.3 is 0 Å². The van der Waals surface area contributed by atoms with Crippen molar-refractivity contribution in [3.05, 3.63) is 42.0 Å². The number of rotatable bonds is 6. The average molecular weight is 284 g/mol. The standard InChI is InChI=1S/C18H24N2O/c1-12-9-14(12)11-20-16(10-19)18-15-6-4-3-5-13(15)7-8-17(18)21-2/h3-8,12,14,16,20H,9-11,19H2,1-2H3. The van der Waals surface area contributed by atoms with Crippen LogP contribution < -0.4 is 15.8 Å². The minimum Gasteiger partial charge on any atom is -0.496 e. The lowest BCUT2D eigenvalue weighted by molar-refractivity contribution is 0.399. The molecule has 3 atom stereocenters. The van der Waals surface area contributed by atoms with Crippen molar-refractivity contribution in [1.82, 2.24) is 5.32 Å². The second kappa shape index (κ2) is 6.04. The summed E-state index contributed by atoms with van der Waals surface area (Å²) >= 11 is 0. The van der Waals surface area contributed by atoms with Gasteiger partial charge < -0.3 is 15.8 Å². The molecule has 3 N–H and O–H groups in total. The fraction of sp³-hybridized carbons (Fsp3) is 0.444. The Morgan fingerprint density at radius 2 is 2.05 bits per heavy atom. The van der Waals surface area contributed by atoms with Crippen LogP contribution in [0.3, 0.4) is 0 Å². The summed E-state index contributed by atoms with van der Waals surface area (Å²) < 4.78 is 5.58. The first-order valence-corrected chi connectivity index (χ1v) is 7.73. The lowest BCUT2D eigenvalue weighted by atomic mass is 9.97. The number of nitrogens with one attached hydrogen (secondary N) is 1. The molecule has 1 saturated carbocycles. The van der Waals surface area contributed by atoms with E-state index in [1.165, 1.54) is 22.8 Å². The summed E-state index contributed by atoms with van der Waals surface area (Å²) in [5, 5.41) is 6.10. The van der Waals surface area contributed by atoms with E-state index in [1.54, 1.807) is 7.11 Å².